The van der Waals surface area contributed by atoms with E-state index in [-0.39, 0.29) is 5.69 Å². The van der Waals surface area contributed by atoms with Crippen LogP contribution in [-0.4, -0.2) is 17.1 Å². The predicted molar refractivity (Wildman–Crippen MR) is 77.2 cm³/mol. The van der Waals surface area contributed by atoms with E-state index in [9.17, 15) is 14.0 Å². The van der Waals surface area contributed by atoms with Crippen LogP contribution < -0.4 is 10.6 Å². The van der Waals surface area contributed by atoms with Crippen molar-refractivity contribution < 1.29 is 19.1 Å². The highest BCUT2D eigenvalue weighted by atomic mass is 19.1. The topological polar surface area (TPSA) is 78.4 Å². The van der Waals surface area contributed by atoms with Gasteiger partial charge in [-0.25, -0.2) is 14.0 Å². The zero-order valence-electron chi connectivity index (χ0n) is 11.2. The Balaban J connectivity index is 2.19. The van der Waals surface area contributed by atoms with Gasteiger partial charge in [-0.2, -0.15) is 0 Å². The molecule has 2 aromatic carbocycles. The van der Waals surface area contributed by atoms with Gasteiger partial charge >= 0.3 is 12.0 Å². The van der Waals surface area contributed by atoms with Gasteiger partial charge in [0.15, 0.2) is 0 Å². The van der Waals surface area contributed by atoms with E-state index in [2.05, 4.69) is 10.6 Å². The summed E-state index contributed by atoms with van der Waals surface area (Å²) in [7, 11) is 0. The molecule has 3 N–H and O–H groups in total. The molecular weight excluding hydrogens is 275 g/mol. The first-order chi connectivity index (χ1) is 9.99. The molecule has 0 heterocycles. The minimum absolute atomic E-state index is 0.103. The van der Waals surface area contributed by atoms with Crippen LogP contribution in [0.15, 0.2) is 42.5 Å². The molecule has 5 nitrogen and oxygen atoms in total. The maximum atomic E-state index is 13.5. The molecule has 0 saturated heterocycles. The molecule has 0 aromatic heterocycles. The lowest BCUT2D eigenvalue weighted by atomic mass is 10.1. The van der Waals surface area contributed by atoms with Gasteiger partial charge in [-0.3, -0.25) is 0 Å². The second kappa shape index (κ2) is 6.04. The van der Waals surface area contributed by atoms with Crippen LogP contribution in [0.5, 0.6) is 0 Å². The van der Waals surface area contributed by atoms with Gasteiger partial charge < -0.3 is 15.7 Å². The molecule has 2 rings (SSSR count). The van der Waals surface area contributed by atoms with Crippen molar-refractivity contribution in [3.63, 3.8) is 0 Å². The van der Waals surface area contributed by atoms with Crippen molar-refractivity contribution in [1.82, 2.24) is 0 Å². The fourth-order valence-corrected chi connectivity index (χ4v) is 1.83. The van der Waals surface area contributed by atoms with Gasteiger partial charge in [-0.15, -0.1) is 0 Å². The summed E-state index contributed by atoms with van der Waals surface area (Å²) < 4.78 is 13.5. The van der Waals surface area contributed by atoms with Crippen molar-refractivity contribution in [3.8, 4) is 0 Å². The summed E-state index contributed by atoms with van der Waals surface area (Å²) in [6, 6.07) is 10.1. The lowest BCUT2D eigenvalue weighted by Crippen LogP contribution is -2.21. The monoisotopic (exact) mass is 288 g/mol. The van der Waals surface area contributed by atoms with Gasteiger partial charge in [0.05, 0.1) is 5.69 Å². The summed E-state index contributed by atoms with van der Waals surface area (Å²) >= 11 is 0. The van der Waals surface area contributed by atoms with Crippen molar-refractivity contribution in [3.05, 3.63) is 59.4 Å². The average Bonchev–Trinajstić information content (AvgIpc) is 2.41. The van der Waals surface area contributed by atoms with Gasteiger partial charge in [0.2, 0.25) is 0 Å². The molecule has 0 atom stereocenters. The van der Waals surface area contributed by atoms with Crippen molar-refractivity contribution >= 4 is 23.4 Å². The summed E-state index contributed by atoms with van der Waals surface area (Å²) in [5.74, 6) is -2.35. The lowest BCUT2D eigenvalue weighted by Gasteiger charge is -2.11. The van der Waals surface area contributed by atoms with Crippen LogP contribution >= 0.6 is 0 Å². The number of carbonyl (C=O) groups excluding carboxylic acids is 1. The van der Waals surface area contributed by atoms with E-state index in [4.69, 9.17) is 5.11 Å². The van der Waals surface area contributed by atoms with Gasteiger partial charge in [-0.05, 0) is 30.7 Å². The fourth-order valence-electron chi connectivity index (χ4n) is 1.83. The van der Waals surface area contributed by atoms with Gasteiger partial charge in [0.25, 0.3) is 0 Å². The number of anilines is 2. The average molecular weight is 288 g/mol. The first-order valence-corrected chi connectivity index (χ1v) is 6.14. The molecule has 6 heteroatoms. The summed E-state index contributed by atoms with van der Waals surface area (Å²) in [4.78, 5) is 22.9. The highest BCUT2D eigenvalue weighted by Gasteiger charge is 2.17. The number of aromatic carboxylic acids is 1. The summed E-state index contributed by atoms with van der Waals surface area (Å²) in [6.45, 7) is 1.82. The number of hydrogen-bond donors (Lipinski definition) is 3. The van der Waals surface area contributed by atoms with Crippen molar-refractivity contribution in [1.29, 1.82) is 0 Å². The van der Waals surface area contributed by atoms with Crippen LogP contribution in [0.1, 0.15) is 15.9 Å². The quantitative estimate of drug-likeness (QED) is 0.809. The van der Waals surface area contributed by atoms with E-state index in [0.29, 0.717) is 5.69 Å². The number of benzene rings is 2. The number of carboxylic acid groups (broad SMARTS) is 1. The maximum Gasteiger partial charge on any atom is 0.340 e. The zero-order chi connectivity index (χ0) is 15.4. The number of para-hydroxylation sites is 1. The van der Waals surface area contributed by atoms with Gasteiger partial charge in [0.1, 0.15) is 11.4 Å². The molecule has 0 aliphatic carbocycles. The lowest BCUT2D eigenvalue weighted by molar-refractivity contribution is 0.0693. The predicted octanol–water partition coefficient (Wildman–Crippen LogP) is 3.48. The Morgan fingerprint density at radius 2 is 1.62 bits per heavy atom. The van der Waals surface area contributed by atoms with E-state index in [1.807, 2.05) is 19.1 Å². The summed E-state index contributed by atoms with van der Waals surface area (Å²) in [6.07, 6.45) is 0. The Morgan fingerprint density at radius 3 is 2.29 bits per heavy atom. The minimum atomic E-state index is -1.45. The Bertz CT molecular complexity index is 701. The van der Waals surface area contributed by atoms with E-state index >= 15 is 0 Å². The SMILES string of the molecule is Cc1ccccc1NC(=O)Nc1cccc(F)c1C(=O)O. The second-order valence-electron chi connectivity index (χ2n) is 4.36. The third kappa shape index (κ3) is 3.36. The Labute approximate surface area is 120 Å². The van der Waals surface area contributed by atoms with Crippen LogP contribution in [0.3, 0.4) is 0 Å². The first-order valence-electron chi connectivity index (χ1n) is 6.14. The summed E-state index contributed by atoms with van der Waals surface area (Å²) in [5.41, 5.74) is 0.764. The Hall–Kier alpha value is -2.89. The van der Waals surface area contributed by atoms with Crippen LogP contribution in [-0.2, 0) is 0 Å². The number of aryl methyl sites for hydroxylation is 1. The van der Waals surface area contributed by atoms with Crippen LogP contribution in [0.4, 0.5) is 20.6 Å². The Kier molecular flexibility index (Phi) is 4.18. The molecule has 0 unspecified atom stereocenters. The number of rotatable bonds is 3. The number of urea groups is 1. The molecule has 0 aliphatic heterocycles. The van der Waals surface area contributed by atoms with Gasteiger partial charge in [-0.1, -0.05) is 24.3 Å². The van der Waals surface area contributed by atoms with Crippen molar-refractivity contribution in [2.45, 2.75) is 6.92 Å². The molecule has 0 radical (unpaired) electrons. The molecule has 2 amide bonds. The highest BCUT2D eigenvalue weighted by molar-refractivity contribution is 6.04. The minimum Gasteiger partial charge on any atom is -0.478 e. The fraction of sp³-hybridized carbons (Fsp3) is 0.0667. The number of nitrogens with one attached hydrogen (secondary N) is 2. The molecule has 108 valence electrons. The first kappa shape index (κ1) is 14.5. The number of carbonyl (C=O) groups is 2. The van der Waals surface area contributed by atoms with Crippen LogP contribution in [0.25, 0.3) is 0 Å². The number of hydrogen-bond acceptors (Lipinski definition) is 2. The molecule has 0 fully saturated rings. The molecule has 0 spiro atoms. The van der Waals surface area contributed by atoms with E-state index < -0.39 is 23.4 Å². The third-order valence-electron chi connectivity index (χ3n) is 2.87. The van der Waals surface area contributed by atoms with Gasteiger partial charge in [0, 0.05) is 5.69 Å². The van der Waals surface area contributed by atoms with E-state index in [1.54, 1.807) is 12.1 Å². The van der Waals surface area contributed by atoms with Crippen LogP contribution in [0, 0.1) is 12.7 Å². The largest absolute Gasteiger partial charge is 0.478 e. The van der Waals surface area contributed by atoms with E-state index in [1.165, 1.54) is 12.1 Å². The number of halogens is 1. The van der Waals surface area contributed by atoms with Crippen molar-refractivity contribution in [2.75, 3.05) is 10.6 Å². The Morgan fingerprint density at radius 1 is 1.00 bits per heavy atom. The van der Waals surface area contributed by atoms with Crippen molar-refractivity contribution in [2.24, 2.45) is 0 Å². The molecule has 0 saturated carbocycles. The maximum absolute atomic E-state index is 13.5. The summed E-state index contributed by atoms with van der Waals surface area (Å²) in [5, 5.41) is 13.9. The standard InChI is InChI=1S/C15H13FN2O3/c1-9-5-2-3-7-11(9)17-15(21)18-12-8-4-6-10(16)13(12)14(19)20/h2-8H,1H3,(H,19,20)(H2,17,18,21). The molecule has 0 aliphatic rings. The molecule has 21 heavy (non-hydrogen) atoms. The normalized spacial score (nSPS) is 10.0. The third-order valence-corrected chi connectivity index (χ3v) is 2.87. The zero-order valence-corrected chi connectivity index (χ0v) is 11.2. The number of amides is 2. The molecule has 2 aromatic rings. The second-order valence-corrected chi connectivity index (χ2v) is 4.36. The van der Waals surface area contributed by atoms with E-state index in [0.717, 1.165) is 11.6 Å². The molecule has 0 bridgehead atoms. The highest BCUT2D eigenvalue weighted by Crippen LogP contribution is 2.20. The molecular formula is C15H13FN2O3. The van der Waals surface area contributed by atoms with Crippen LogP contribution in [0.2, 0.25) is 0 Å². The number of carboxylic acids is 1. The smallest absolute Gasteiger partial charge is 0.340 e.